The van der Waals surface area contributed by atoms with E-state index in [1.807, 2.05) is 0 Å². The Hall–Kier alpha value is -2.31. The van der Waals surface area contributed by atoms with Crippen LogP contribution in [0, 0.1) is 16.0 Å². The second-order valence-corrected chi connectivity index (χ2v) is 4.40. The maximum absolute atomic E-state index is 11.2. The summed E-state index contributed by atoms with van der Waals surface area (Å²) in [5, 5.41) is 23.0. The first-order valence-corrected chi connectivity index (χ1v) is 6.28. The monoisotopic (exact) mass is 282 g/mol. The number of nitrogens with zero attached hydrogens (tertiary/aromatic N) is 1. The minimum absolute atomic E-state index is 0.165. The lowest BCUT2D eigenvalue weighted by Crippen LogP contribution is -2.30. The number of hydrogen-bond acceptors (Lipinski definition) is 5. The Morgan fingerprint density at radius 1 is 1.50 bits per heavy atom. The van der Waals surface area contributed by atoms with Gasteiger partial charge in [-0.1, -0.05) is 6.07 Å². The third-order valence-electron chi connectivity index (χ3n) is 3.00. The standard InChI is InChI=1S/C13H18N2O5/c1-4-20-11-7-5-6-10(12(11)15(18)19)14-9(3)8(2)13(16)17/h5-9,14H,4H2,1-3H3,(H,16,17). The Morgan fingerprint density at radius 2 is 2.15 bits per heavy atom. The topological polar surface area (TPSA) is 102 Å². The van der Waals surface area contributed by atoms with Gasteiger partial charge in [0.05, 0.1) is 17.4 Å². The maximum Gasteiger partial charge on any atom is 0.333 e. The summed E-state index contributed by atoms with van der Waals surface area (Å²) in [7, 11) is 0. The quantitative estimate of drug-likeness (QED) is 0.588. The summed E-state index contributed by atoms with van der Waals surface area (Å²) in [5.74, 6) is -1.48. The molecule has 7 nitrogen and oxygen atoms in total. The van der Waals surface area contributed by atoms with Gasteiger partial charge in [0, 0.05) is 6.04 Å². The van der Waals surface area contributed by atoms with Gasteiger partial charge in [-0.15, -0.1) is 0 Å². The van der Waals surface area contributed by atoms with Gasteiger partial charge in [0.15, 0.2) is 5.75 Å². The molecule has 0 fully saturated rings. The van der Waals surface area contributed by atoms with E-state index in [2.05, 4.69) is 5.32 Å². The predicted octanol–water partition coefficient (Wildman–Crippen LogP) is 2.51. The number of benzene rings is 1. The highest BCUT2D eigenvalue weighted by molar-refractivity contribution is 5.73. The number of carboxylic acid groups (broad SMARTS) is 1. The van der Waals surface area contributed by atoms with Crippen LogP contribution in [0.1, 0.15) is 20.8 Å². The van der Waals surface area contributed by atoms with Crippen LogP contribution in [-0.4, -0.2) is 28.6 Å². The Balaban J connectivity index is 3.08. The summed E-state index contributed by atoms with van der Waals surface area (Å²) in [5.41, 5.74) is 0.0698. The number of nitrogens with one attached hydrogen (secondary N) is 1. The van der Waals surface area contributed by atoms with E-state index < -0.39 is 22.9 Å². The average Bonchev–Trinajstić information content (AvgIpc) is 2.37. The number of aliphatic carboxylic acids is 1. The largest absolute Gasteiger partial charge is 0.487 e. The van der Waals surface area contributed by atoms with Crippen LogP contribution in [0.4, 0.5) is 11.4 Å². The van der Waals surface area contributed by atoms with Gasteiger partial charge in [-0.2, -0.15) is 0 Å². The molecule has 0 aliphatic heterocycles. The van der Waals surface area contributed by atoms with E-state index in [0.717, 1.165) is 0 Å². The summed E-state index contributed by atoms with van der Waals surface area (Å²) in [6.07, 6.45) is 0. The molecule has 0 saturated heterocycles. The summed E-state index contributed by atoms with van der Waals surface area (Å²) in [4.78, 5) is 21.6. The highest BCUT2D eigenvalue weighted by Crippen LogP contribution is 2.35. The van der Waals surface area contributed by atoms with Gasteiger partial charge < -0.3 is 15.2 Å². The summed E-state index contributed by atoms with van der Waals surface area (Å²) in [6.45, 7) is 5.25. The van der Waals surface area contributed by atoms with Crippen molar-refractivity contribution in [2.45, 2.75) is 26.8 Å². The normalized spacial score (nSPS) is 13.3. The molecule has 0 spiro atoms. The molecular weight excluding hydrogens is 264 g/mol. The average molecular weight is 282 g/mol. The lowest BCUT2D eigenvalue weighted by molar-refractivity contribution is -0.385. The first-order chi connectivity index (χ1) is 9.38. The van der Waals surface area contributed by atoms with Gasteiger partial charge in [-0.25, -0.2) is 0 Å². The van der Waals surface area contributed by atoms with Crippen molar-refractivity contribution in [2.24, 2.45) is 5.92 Å². The molecule has 0 radical (unpaired) electrons. The molecule has 2 atom stereocenters. The molecule has 2 N–H and O–H groups in total. The SMILES string of the molecule is CCOc1cccc(NC(C)C(C)C(=O)O)c1[N+](=O)[O-]. The highest BCUT2D eigenvalue weighted by Gasteiger charge is 2.25. The van der Waals surface area contributed by atoms with E-state index in [1.54, 1.807) is 19.9 Å². The van der Waals surface area contributed by atoms with Crippen LogP contribution in [0.25, 0.3) is 0 Å². The molecule has 7 heteroatoms. The lowest BCUT2D eigenvalue weighted by atomic mass is 10.0. The maximum atomic E-state index is 11.2. The van der Waals surface area contributed by atoms with Crippen molar-refractivity contribution < 1.29 is 19.6 Å². The number of carbonyl (C=O) groups is 1. The van der Waals surface area contributed by atoms with Gasteiger partial charge in [-0.3, -0.25) is 14.9 Å². The van der Waals surface area contributed by atoms with E-state index in [-0.39, 0.29) is 17.1 Å². The molecule has 0 bridgehead atoms. The van der Waals surface area contributed by atoms with E-state index >= 15 is 0 Å². The first-order valence-electron chi connectivity index (χ1n) is 6.28. The van der Waals surface area contributed by atoms with Gasteiger partial charge in [-0.05, 0) is 32.9 Å². The molecule has 20 heavy (non-hydrogen) atoms. The molecule has 0 heterocycles. The van der Waals surface area contributed by atoms with Crippen molar-refractivity contribution in [2.75, 3.05) is 11.9 Å². The van der Waals surface area contributed by atoms with Crippen molar-refractivity contribution >= 4 is 17.3 Å². The number of nitro groups is 1. The minimum Gasteiger partial charge on any atom is -0.487 e. The van der Waals surface area contributed by atoms with Crippen LogP contribution in [0.2, 0.25) is 0 Å². The van der Waals surface area contributed by atoms with Crippen LogP contribution in [-0.2, 0) is 4.79 Å². The Kier molecular flexibility index (Phi) is 5.31. The van der Waals surface area contributed by atoms with Crippen LogP contribution in [0.15, 0.2) is 18.2 Å². The van der Waals surface area contributed by atoms with Crippen LogP contribution in [0.5, 0.6) is 5.75 Å². The molecule has 0 aromatic heterocycles. The Bertz CT molecular complexity index is 504. The van der Waals surface area contributed by atoms with Crippen molar-refractivity contribution in [3.63, 3.8) is 0 Å². The van der Waals surface area contributed by atoms with Crippen molar-refractivity contribution in [1.82, 2.24) is 0 Å². The molecule has 110 valence electrons. The third-order valence-corrected chi connectivity index (χ3v) is 3.00. The lowest BCUT2D eigenvalue weighted by Gasteiger charge is -2.19. The second kappa shape index (κ2) is 6.74. The zero-order valence-electron chi connectivity index (χ0n) is 11.6. The summed E-state index contributed by atoms with van der Waals surface area (Å²) < 4.78 is 5.23. The number of carboxylic acids is 1. The van der Waals surface area contributed by atoms with Gasteiger partial charge >= 0.3 is 11.7 Å². The smallest absolute Gasteiger partial charge is 0.333 e. The summed E-state index contributed by atoms with van der Waals surface area (Å²) >= 11 is 0. The van der Waals surface area contributed by atoms with Gasteiger partial charge in [0.1, 0.15) is 5.69 Å². The molecule has 1 rings (SSSR count). The molecular formula is C13H18N2O5. The van der Waals surface area contributed by atoms with E-state index in [0.29, 0.717) is 6.61 Å². The fourth-order valence-corrected chi connectivity index (χ4v) is 1.68. The molecule has 0 aliphatic rings. The number of hydrogen-bond donors (Lipinski definition) is 2. The number of ether oxygens (including phenoxy) is 1. The van der Waals surface area contributed by atoms with Crippen molar-refractivity contribution in [1.29, 1.82) is 0 Å². The van der Waals surface area contributed by atoms with Crippen molar-refractivity contribution in [3.8, 4) is 5.75 Å². The van der Waals surface area contributed by atoms with Crippen LogP contribution >= 0.6 is 0 Å². The molecule has 0 saturated carbocycles. The molecule has 0 aliphatic carbocycles. The number of nitro benzene ring substituents is 1. The molecule has 1 aromatic rings. The minimum atomic E-state index is -0.964. The molecule has 2 unspecified atom stereocenters. The van der Waals surface area contributed by atoms with Crippen LogP contribution in [0.3, 0.4) is 0 Å². The third kappa shape index (κ3) is 3.59. The second-order valence-electron chi connectivity index (χ2n) is 4.40. The zero-order valence-corrected chi connectivity index (χ0v) is 11.6. The number of para-hydroxylation sites is 1. The van der Waals surface area contributed by atoms with E-state index in [9.17, 15) is 14.9 Å². The molecule has 0 amide bonds. The van der Waals surface area contributed by atoms with Gasteiger partial charge in [0.2, 0.25) is 0 Å². The fourth-order valence-electron chi connectivity index (χ4n) is 1.68. The fraction of sp³-hybridized carbons (Fsp3) is 0.462. The van der Waals surface area contributed by atoms with Crippen LogP contribution < -0.4 is 10.1 Å². The number of rotatable bonds is 7. The number of anilines is 1. The van der Waals surface area contributed by atoms with E-state index in [1.165, 1.54) is 19.1 Å². The van der Waals surface area contributed by atoms with Crippen molar-refractivity contribution in [3.05, 3.63) is 28.3 Å². The predicted molar refractivity (Wildman–Crippen MR) is 74.1 cm³/mol. The Labute approximate surface area is 116 Å². The van der Waals surface area contributed by atoms with E-state index in [4.69, 9.17) is 9.84 Å². The zero-order chi connectivity index (χ0) is 15.3. The first kappa shape index (κ1) is 15.7. The summed E-state index contributed by atoms with van der Waals surface area (Å²) in [6, 6.07) is 4.21. The Morgan fingerprint density at radius 3 is 2.65 bits per heavy atom. The highest BCUT2D eigenvalue weighted by atomic mass is 16.6. The molecule has 1 aromatic carbocycles. The van der Waals surface area contributed by atoms with Gasteiger partial charge in [0.25, 0.3) is 0 Å².